The number of aromatic nitrogens is 1. The summed E-state index contributed by atoms with van der Waals surface area (Å²) in [6, 6.07) is 9.94. The molecule has 0 N–H and O–H groups in total. The molecule has 27 heavy (non-hydrogen) atoms. The van der Waals surface area contributed by atoms with Gasteiger partial charge in [-0.15, -0.1) is 0 Å². The first kappa shape index (κ1) is 20.1. The fourth-order valence-corrected chi connectivity index (χ4v) is 5.50. The predicted molar refractivity (Wildman–Crippen MR) is 102 cm³/mol. The van der Waals surface area contributed by atoms with E-state index in [2.05, 4.69) is 4.98 Å². The number of ether oxygens (including phenoxy) is 1. The molecule has 1 aliphatic heterocycles. The van der Waals surface area contributed by atoms with Crippen LogP contribution in [0.3, 0.4) is 0 Å². The van der Waals surface area contributed by atoms with E-state index in [1.807, 2.05) is 6.07 Å². The Morgan fingerprint density at radius 1 is 1.11 bits per heavy atom. The van der Waals surface area contributed by atoms with Crippen molar-refractivity contribution in [2.45, 2.75) is 24.3 Å². The highest BCUT2D eigenvalue weighted by molar-refractivity contribution is 7.89. The highest BCUT2D eigenvalue weighted by Gasteiger charge is 2.34. The Morgan fingerprint density at radius 2 is 1.78 bits per heavy atom. The molecule has 0 saturated carbocycles. The molecule has 0 spiro atoms. The van der Waals surface area contributed by atoms with E-state index in [9.17, 15) is 13.2 Å². The van der Waals surface area contributed by atoms with Crippen molar-refractivity contribution in [1.29, 1.82) is 0 Å². The SMILES string of the molecule is O=C(OCc1ccccn1)C1CCN(S(=O)(=O)c2c(Cl)cccc2Cl)CC1. The van der Waals surface area contributed by atoms with Crippen LogP contribution < -0.4 is 0 Å². The second-order valence-electron chi connectivity index (χ2n) is 6.16. The zero-order chi connectivity index (χ0) is 19.4. The van der Waals surface area contributed by atoms with E-state index >= 15 is 0 Å². The summed E-state index contributed by atoms with van der Waals surface area (Å²) in [5, 5.41) is 0.166. The van der Waals surface area contributed by atoms with Crippen LogP contribution in [0.5, 0.6) is 0 Å². The third-order valence-corrected chi connectivity index (χ3v) is 7.25. The number of esters is 1. The van der Waals surface area contributed by atoms with Crippen molar-refractivity contribution in [3.05, 3.63) is 58.3 Å². The zero-order valence-electron chi connectivity index (χ0n) is 14.3. The van der Waals surface area contributed by atoms with Crippen LogP contribution in [0.1, 0.15) is 18.5 Å². The van der Waals surface area contributed by atoms with Gasteiger partial charge < -0.3 is 4.74 Å². The number of sulfonamides is 1. The summed E-state index contributed by atoms with van der Waals surface area (Å²) in [6.07, 6.45) is 2.39. The average Bonchev–Trinajstić information content (AvgIpc) is 2.67. The standard InChI is InChI=1S/C18H18Cl2N2O4S/c19-15-5-3-6-16(20)17(15)27(24,25)22-10-7-13(8-11-22)18(23)26-12-14-4-1-2-9-21-14/h1-6,9,13H,7-8,10-12H2. The van der Waals surface area contributed by atoms with E-state index in [4.69, 9.17) is 27.9 Å². The average molecular weight is 429 g/mol. The second kappa shape index (κ2) is 8.56. The summed E-state index contributed by atoms with van der Waals surface area (Å²) in [7, 11) is -3.82. The van der Waals surface area contributed by atoms with Gasteiger partial charge in [0.2, 0.25) is 10.0 Å². The number of benzene rings is 1. The van der Waals surface area contributed by atoms with Crippen molar-refractivity contribution in [2.24, 2.45) is 5.92 Å². The lowest BCUT2D eigenvalue weighted by molar-refractivity contribution is -0.151. The van der Waals surface area contributed by atoms with E-state index in [1.165, 1.54) is 16.4 Å². The van der Waals surface area contributed by atoms with Gasteiger partial charge in [-0.05, 0) is 37.1 Å². The van der Waals surface area contributed by atoms with Crippen LogP contribution in [0, 0.1) is 5.92 Å². The quantitative estimate of drug-likeness (QED) is 0.680. The Balaban J connectivity index is 1.60. The molecule has 1 fully saturated rings. The van der Waals surface area contributed by atoms with Gasteiger partial charge in [0, 0.05) is 19.3 Å². The van der Waals surface area contributed by atoms with Crippen molar-refractivity contribution < 1.29 is 17.9 Å². The Kier molecular flexibility index (Phi) is 6.37. The van der Waals surface area contributed by atoms with Gasteiger partial charge in [-0.1, -0.05) is 35.3 Å². The smallest absolute Gasteiger partial charge is 0.309 e. The van der Waals surface area contributed by atoms with Crippen LogP contribution >= 0.6 is 23.2 Å². The third-order valence-electron chi connectivity index (χ3n) is 4.39. The molecule has 0 aliphatic carbocycles. The Bertz CT molecular complexity index is 894. The van der Waals surface area contributed by atoms with Gasteiger partial charge in [0.15, 0.2) is 0 Å². The Labute approximate surface area is 168 Å². The number of pyridine rings is 1. The zero-order valence-corrected chi connectivity index (χ0v) is 16.7. The van der Waals surface area contributed by atoms with Gasteiger partial charge in [-0.25, -0.2) is 8.42 Å². The van der Waals surface area contributed by atoms with Gasteiger partial charge in [0.05, 0.1) is 21.7 Å². The molecule has 0 bridgehead atoms. The summed E-state index contributed by atoms with van der Waals surface area (Å²) in [6.45, 7) is 0.508. The number of piperidine rings is 1. The van der Waals surface area contributed by atoms with Crippen molar-refractivity contribution in [3.8, 4) is 0 Å². The van der Waals surface area contributed by atoms with Crippen LogP contribution in [0.25, 0.3) is 0 Å². The van der Waals surface area contributed by atoms with Crippen molar-refractivity contribution in [3.63, 3.8) is 0 Å². The normalized spacial score (nSPS) is 16.2. The van der Waals surface area contributed by atoms with Gasteiger partial charge in [-0.2, -0.15) is 4.31 Å². The second-order valence-corrected chi connectivity index (χ2v) is 8.85. The topological polar surface area (TPSA) is 76.6 Å². The van der Waals surface area contributed by atoms with Crippen molar-refractivity contribution >= 4 is 39.2 Å². The van der Waals surface area contributed by atoms with E-state index < -0.39 is 10.0 Å². The molecule has 144 valence electrons. The maximum atomic E-state index is 12.8. The molecule has 2 heterocycles. The maximum Gasteiger partial charge on any atom is 0.309 e. The minimum absolute atomic E-state index is 0.0828. The Hall–Kier alpha value is -1.67. The molecule has 0 radical (unpaired) electrons. The minimum Gasteiger partial charge on any atom is -0.459 e. The molecular weight excluding hydrogens is 411 g/mol. The Morgan fingerprint density at radius 3 is 2.37 bits per heavy atom. The van der Waals surface area contributed by atoms with Crippen LogP contribution in [0.2, 0.25) is 10.0 Å². The van der Waals surface area contributed by atoms with E-state index in [1.54, 1.807) is 24.4 Å². The minimum atomic E-state index is -3.82. The molecule has 0 unspecified atom stereocenters. The molecule has 2 aromatic rings. The summed E-state index contributed by atoms with van der Waals surface area (Å²) < 4.78 is 32.3. The first-order valence-corrected chi connectivity index (χ1v) is 10.6. The van der Waals surface area contributed by atoms with Crippen molar-refractivity contribution in [1.82, 2.24) is 9.29 Å². The van der Waals surface area contributed by atoms with Gasteiger partial charge >= 0.3 is 5.97 Å². The molecule has 9 heteroatoms. The molecule has 3 rings (SSSR count). The lowest BCUT2D eigenvalue weighted by Gasteiger charge is -2.30. The summed E-state index contributed by atoms with van der Waals surface area (Å²) in [5.74, 6) is -0.685. The van der Waals surface area contributed by atoms with Crippen LogP contribution in [0.4, 0.5) is 0 Å². The fourth-order valence-electron chi connectivity index (χ4n) is 2.94. The van der Waals surface area contributed by atoms with Crippen LogP contribution in [-0.4, -0.2) is 36.8 Å². The summed E-state index contributed by atoms with van der Waals surface area (Å²) >= 11 is 12.1. The molecular formula is C18H18Cl2N2O4S. The number of carbonyl (C=O) groups excluding carboxylic acids is 1. The lowest BCUT2D eigenvalue weighted by Crippen LogP contribution is -2.40. The van der Waals surface area contributed by atoms with Crippen molar-refractivity contribution in [2.75, 3.05) is 13.1 Å². The molecule has 6 nitrogen and oxygen atoms in total. The summed E-state index contributed by atoms with van der Waals surface area (Å²) in [5.41, 5.74) is 0.666. The first-order valence-electron chi connectivity index (χ1n) is 8.40. The van der Waals surface area contributed by atoms with E-state index in [0.29, 0.717) is 18.5 Å². The number of halogens is 2. The lowest BCUT2D eigenvalue weighted by atomic mass is 9.98. The molecule has 1 aromatic heterocycles. The van der Waals surface area contributed by atoms with Gasteiger partial charge in [-0.3, -0.25) is 9.78 Å². The maximum absolute atomic E-state index is 12.8. The molecule has 0 atom stereocenters. The first-order chi connectivity index (χ1) is 12.9. The van der Waals surface area contributed by atoms with E-state index in [0.717, 1.165) is 0 Å². The summed E-state index contributed by atoms with van der Waals surface area (Å²) in [4.78, 5) is 16.3. The number of rotatable bonds is 5. The third kappa shape index (κ3) is 4.60. The number of nitrogens with zero attached hydrogens (tertiary/aromatic N) is 2. The molecule has 1 aliphatic rings. The predicted octanol–water partition coefficient (Wildman–Crippen LogP) is 3.53. The monoisotopic (exact) mass is 428 g/mol. The molecule has 1 saturated heterocycles. The number of hydrogen-bond acceptors (Lipinski definition) is 5. The highest BCUT2D eigenvalue weighted by atomic mass is 35.5. The largest absolute Gasteiger partial charge is 0.459 e. The molecule has 1 aromatic carbocycles. The number of hydrogen-bond donors (Lipinski definition) is 0. The van der Waals surface area contributed by atoms with Crippen LogP contribution in [0.15, 0.2) is 47.5 Å². The van der Waals surface area contributed by atoms with E-state index in [-0.39, 0.29) is 46.5 Å². The highest BCUT2D eigenvalue weighted by Crippen LogP contribution is 2.33. The van der Waals surface area contributed by atoms with Gasteiger partial charge in [0.1, 0.15) is 11.5 Å². The van der Waals surface area contributed by atoms with Gasteiger partial charge in [0.25, 0.3) is 0 Å². The molecule has 0 amide bonds. The number of carbonyl (C=O) groups is 1. The van der Waals surface area contributed by atoms with Crippen LogP contribution in [-0.2, 0) is 26.2 Å². The fraction of sp³-hybridized carbons (Fsp3) is 0.333.